The lowest BCUT2D eigenvalue weighted by molar-refractivity contribution is -0.138. The van der Waals surface area contributed by atoms with Gasteiger partial charge >= 0.3 is 5.97 Å². The molecule has 1 aromatic rings. The molecule has 0 N–H and O–H groups in total. The molecule has 0 saturated heterocycles. The van der Waals surface area contributed by atoms with Gasteiger partial charge in [0.05, 0.1) is 6.42 Å². The molecule has 108 valence electrons. The predicted molar refractivity (Wildman–Crippen MR) is 83.2 cm³/mol. The van der Waals surface area contributed by atoms with Crippen molar-refractivity contribution < 1.29 is 9.53 Å². The first-order valence-corrected chi connectivity index (χ1v) is 7.21. The molecule has 0 aliphatic rings. The molecule has 1 rings (SSSR count). The Kier molecular flexibility index (Phi) is 7.41. The van der Waals surface area contributed by atoms with E-state index in [9.17, 15) is 4.79 Å². The van der Waals surface area contributed by atoms with E-state index in [1.165, 1.54) is 0 Å². The van der Waals surface area contributed by atoms with Gasteiger partial charge in [-0.3, -0.25) is 4.79 Å². The molecule has 1 unspecified atom stereocenters. The van der Waals surface area contributed by atoms with Crippen LogP contribution in [0.2, 0.25) is 0 Å². The highest BCUT2D eigenvalue weighted by Crippen LogP contribution is 2.09. The van der Waals surface area contributed by atoms with Crippen LogP contribution in [-0.2, 0) is 16.0 Å². The van der Waals surface area contributed by atoms with Gasteiger partial charge in [0.15, 0.2) is 0 Å². The quantitative estimate of drug-likeness (QED) is 0.409. The van der Waals surface area contributed by atoms with E-state index in [-0.39, 0.29) is 11.9 Å². The van der Waals surface area contributed by atoms with Gasteiger partial charge < -0.3 is 4.74 Å². The largest absolute Gasteiger partial charge is 0.431 e. The van der Waals surface area contributed by atoms with Crippen molar-refractivity contribution in [2.75, 3.05) is 0 Å². The van der Waals surface area contributed by atoms with Gasteiger partial charge in [-0.05, 0) is 30.9 Å². The summed E-state index contributed by atoms with van der Waals surface area (Å²) in [7, 11) is 0. The van der Waals surface area contributed by atoms with E-state index in [0.717, 1.165) is 18.4 Å². The molecule has 0 spiro atoms. The minimum atomic E-state index is -0.213. The molecule has 0 aliphatic carbocycles. The van der Waals surface area contributed by atoms with Crippen LogP contribution in [0.3, 0.4) is 0 Å². The molecule has 0 heterocycles. The van der Waals surface area contributed by atoms with Crippen molar-refractivity contribution in [2.45, 2.75) is 40.0 Å². The third-order valence-corrected chi connectivity index (χ3v) is 2.86. The molecule has 0 saturated carbocycles. The van der Waals surface area contributed by atoms with Gasteiger partial charge in [0, 0.05) is 0 Å². The predicted octanol–water partition coefficient (Wildman–Crippen LogP) is 4.67. The molecule has 0 amide bonds. The zero-order chi connectivity index (χ0) is 14.8. The topological polar surface area (TPSA) is 26.3 Å². The summed E-state index contributed by atoms with van der Waals surface area (Å²) in [4.78, 5) is 11.8. The number of unbranched alkanes of at least 4 members (excludes halogenated alkanes) is 1. The summed E-state index contributed by atoms with van der Waals surface area (Å²) in [5, 5.41) is 0. The fourth-order valence-corrected chi connectivity index (χ4v) is 1.92. The molecule has 0 bridgehead atoms. The summed E-state index contributed by atoms with van der Waals surface area (Å²) in [6.07, 6.45) is 8.82. The Hall–Kier alpha value is -1.83. The first-order chi connectivity index (χ1) is 9.61. The molecule has 1 atom stereocenters. The summed E-state index contributed by atoms with van der Waals surface area (Å²) in [6, 6.07) is 9.63. The van der Waals surface area contributed by atoms with E-state index in [0.29, 0.717) is 12.2 Å². The normalized spacial score (nSPS) is 13.4. The molecule has 0 fully saturated rings. The lowest BCUT2D eigenvalue weighted by Crippen LogP contribution is -2.07. The molecule has 2 nitrogen and oxygen atoms in total. The Morgan fingerprint density at radius 2 is 2.00 bits per heavy atom. The first kappa shape index (κ1) is 16.2. The lowest BCUT2D eigenvalue weighted by atomic mass is 10.1. The van der Waals surface area contributed by atoms with E-state index in [2.05, 4.69) is 26.0 Å². The van der Waals surface area contributed by atoms with Crippen LogP contribution < -0.4 is 0 Å². The fourth-order valence-electron chi connectivity index (χ4n) is 1.92. The van der Waals surface area contributed by atoms with Crippen molar-refractivity contribution >= 4 is 5.97 Å². The number of esters is 1. The number of allylic oxidation sites excluding steroid dienone is 4. The Balaban J connectivity index is 2.44. The number of carbonyl (C=O) groups is 1. The third-order valence-electron chi connectivity index (χ3n) is 2.86. The van der Waals surface area contributed by atoms with Crippen LogP contribution >= 0.6 is 0 Å². The van der Waals surface area contributed by atoms with Gasteiger partial charge in [-0.1, -0.05) is 62.8 Å². The van der Waals surface area contributed by atoms with Crippen molar-refractivity contribution in [3.05, 3.63) is 59.9 Å². The zero-order valence-electron chi connectivity index (χ0n) is 12.6. The molecule has 20 heavy (non-hydrogen) atoms. The lowest BCUT2D eigenvalue weighted by Gasteiger charge is -2.06. The van der Waals surface area contributed by atoms with Gasteiger partial charge in [0.1, 0.15) is 5.76 Å². The number of carbonyl (C=O) groups excluding carboxylic acids is 1. The standard InChI is InChI=1S/C18H24O2/c1-4-5-7-10-15(2)13-16(3)20-18(19)14-17-11-8-6-9-12-17/h6-13,15H,4-5,14H2,1-3H3/b10-7+,16-13+. The van der Waals surface area contributed by atoms with Crippen LogP contribution in [-0.4, -0.2) is 5.97 Å². The number of hydrogen-bond acceptors (Lipinski definition) is 2. The van der Waals surface area contributed by atoms with Crippen molar-refractivity contribution in [1.29, 1.82) is 0 Å². The molecular formula is C18H24O2. The van der Waals surface area contributed by atoms with Crippen LogP contribution in [0.25, 0.3) is 0 Å². The van der Waals surface area contributed by atoms with Crippen molar-refractivity contribution in [3.8, 4) is 0 Å². The van der Waals surface area contributed by atoms with Crippen molar-refractivity contribution in [3.63, 3.8) is 0 Å². The fraction of sp³-hybridized carbons (Fsp3) is 0.389. The minimum Gasteiger partial charge on any atom is -0.431 e. The van der Waals surface area contributed by atoms with E-state index in [1.54, 1.807) is 0 Å². The Morgan fingerprint density at radius 3 is 2.65 bits per heavy atom. The number of rotatable bonds is 7. The average Bonchev–Trinajstić information content (AvgIpc) is 2.39. The van der Waals surface area contributed by atoms with Crippen LogP contribution in [0, 0.1) is 5.92 Å². The van der Waals surface area contributed by atoms with Crippen LogP contribution in [0.4, 0.5) is 0 Å². The average molecular weight is 272 g/mol. The number of benzene rings is 1. The number of hydrogen-bond donors (Lipinski definition) is 0. The van der Waals surface area contributed by atoms with E-state index < -0.39 is 0 Å². The Labute approximate surface area is 122 Å². The second-order valence-electron chi connectivity index (χ2n) is 4.99. The van der Waals surface area contributed by atoms with Crippen LogP contribution in [0.1, 0.15) is 39.2 Å². The maximum Gasteiger partial charge on any atom is 0.315 e. The van der Waals surface area contributed by atoms with E-state index in [4.69, 9.17) is 4.74 Å². The zero-order valence-corrected chi connectivity index (χ0v) is 12.6. The molecule has 0 radical (unpaired) electrons. The van der Waals surface area contributed by atoms with Crippen LogP contribution in [0.5, 0.6) is 0 Å². The smallest absolute Gasteiger partial charge is 0.315 e. The van der Waals surface area contributed by atoms with Gasteiger partial charge in [-0.15, -0.1) is 0 Å². The Morgan fingerprint density at radius 1 is 1.30 bits per heavy atom. The minimum absolute atomic E-state index is 0.213. The van der Waals surface area contributed by atoms with Gasteiger partial charge in [0.25, 0.3) is 0 Å². The summed E-state index contributed by atoms with van der Waals surface area (Å²) in [6.45, 7) is 6.06. The molecular weight excluding hydrogens is 248 g/mol. The molecule has 0 aromatic heterocycles. The molecule has 1 aromatic carbocycles. The monoisotopic (exact) mass is 272 g/mol. The maximum absolute atomic E-state index is 11.8. The van der Waals surface area contributed by atoms with Gasteiger partial charge in [-0.2, -0.15) is 0 Å². The third kappa shape index (κ3) is 6.93. The summed E-state index contributed by atoms with van der Waals surface area (Å²) in [5.41, 5.74) is 0.973. The second-order valence-corrected chi connectivity index (χ2v) is 4.99. The highest BCUT2D eigenvalue weighted by molar-refractivity contribution is 5.73. The first-order valence-electron chi connectivity index (χ1n) is 7.21. The summed E-state index contributed by atoms with van der Waals surface area (Å²) >= 11 is 0. The summed E-state index contributed by atoms with van der Waals surface area (Å²) in [5.74, 6) is 0.736. The molecule has 2 heteroatoms. The van der Waals surface area contributed by atoms with Crippen molar-refractivity contribution in [1.82, 2.24) is 0 Å². The highest BCUT2D eigenvalue weighted by Gasteiger charge is 2.06. The molecule has 0 aliphatic heterocycles. The number of ether oxygens (including phenoxy) is 1. The highest BCUT2D eigenvalue weighted by atomic mass is 16.5. The Bertz CT molecular complexity index is 458. The second kappa shape index (κ2) is 9.13. The van der Waals surface area contributed by atoms with Crippen molar-refractivity contribution in [2.24, 2.45) is 5.92 Å². The van der Waals surface area contributed by atoms with Crippen LogP contribution in [0.15, 0.2) is 54.3 Å². The van der Waals surface area contributed by atoms with Gasteiger partial charge in [-0.25, -0.2) is 0 Å². The van der Waals surface area contributed by atoms with Gasteiger partial charge in [0.2, 0.25) is 0 Å². The summed E-state index contributed by atoms with van der Waals surface area (Å²) < 4.78 is 5.32. The van der Waals surface area contributed by atoms with E-state index >= 15 is 0 Å². The SMILES string of the molecule is CCC/C=C/C(C)/C=C(\C)OC(=O)Cc1ccccc1. The maximum atomic E-state index is 11.8. The van der Waals surface area contributed by atoms with E-state index in [1.807, 2.05) is 43.3 Å².